The van der Waals surface area contributed by atoms with E-state index in [1.54, 1.807) is 30.5 Å². The van der Waals surface area contributed by atoms with Crippen LogP contribution in [0.25, 0.3) is 10.9 Å². The number of hydrogen-bond donors (Lipinski definition) is 2. The Bertz CT molecular complexity index is 1700. The maximum absolute atomic E-state index is 13.7. The molecule has 13 heteroatoms. The van der Waals surface area contributed by atoms with Crippen molar-refractivity contribution < 1.29 is 33.0 Å². The van der Waals surface area contributed by atoms with Crippen molar-refractivity contribution in [3.05, 3.63) is 70.4 Å². The number of benzene rings is 2. The number of nitrogens with zero attached hydrogens (tertiary/aromatic N) is 2. The molecule has 0 spiro atoms. The summed E-state index contributed by atoms with van der Waals surface area (Å²) in [5.41, 5.74) is 1.05. The fourth-order valence-corrected chi connectivity index (χ4v) is 5.83. The van der Waals surface area contributed by atoms with E-state index in [2.05, 4.69) is 10.6 Å². The van der Waals surface area contributed by atoms with E-state index >= 15 is 0 Å². The van der Waals surface area contributed by atoms with Crippen molar-refractivity contribution in [3.63, 3.8) is 0 Å². The molecule has 0 fully saturated rings. The predicted octanol–water partition coefficient (Wildman–Crippen LogP) is 3.73. The first-order chi connectivity index (χ1) is 21.0. The zero-order chi connectivity index (χ0) is 29.8. The van der Waals surface area contributed by atoms with Crippen molar-refractivity contribution >= 4 is 34.5 Å². The Labute approximate surface area is 250 Å². The number of thioether (sulfide) groups is 1. The van der Waals surface area contributed by atoms with Gasteiger partial charge in [-0.2, -0.15) is 0 Å². The van der Waals surface area contributed by atoms with Crippen molar-refractivity contribution in [2.24, 2.45) is 0 Å². The van der Waals surface area contributed by atoms with E-state index in [4.69, 9.17) is 28.3 Å². The molecule has 43 heavy (non-hydrogen) atoms. The first kappa shape index (κ1) is 28.5. The van der Waals surface area contributed by atoms with Crippen LogP contribution in [0, 0.1) is 0 Å². The molecule has 2 aliphatic rings. The van der Waals surface area contributed by atoms with E-state index in [-0.39, 0.29) is 50.5 Å². The molecule has 2 amide bonds. The Kier molecular flexibility index (Phi) is 8.40. The minimum Gasteiger partial charge on any atom is -0.467 e. The normalized spacial score (nSPS) is 13.7. The van der Waals surface area contributed by atoms with Crippen molar-refractivity contribution in [2.75, 3.05) is 13.6 Å². The summed E-state index contributed by atoms with van der Waals surface area (Å²) in [4.78, 5) is 44.2. The van der Waals surface area contributed by atoms with Crippen LogP contribution in [0.1, 0.15) is 37.5 Å². The summed E-state index contributed by atoms with van der Waals surface area (Å²) in [5, 5.41) is 6.05. The van der Waals surface area contributed by atoms with Crippen LogP contribution in [-0.4, -0.2) is 40.2 Å². The molecule has 0 saturated heterocycles. The molecule has 4 heterocycles. The smallest absolute Gasteiger partial charge is 0.262 e. The lowest BCUT2D eigenvalue weighted by molar-refractivity contribution is -0.122. The molecule has 2 aromatic carbocycles. The number of rotatable bonds is 12. The number of hydrogen-bond acceptors (Lipinski definition) is 10. The number of carbonyl (C=O) groups excluding carboxylic acids is 2. The Hall–Kier alpha value is -4.65. The second kappa shape index (κ2) is 12.7. The monoisotopic (exact) mass is 606 g/mol. The number of fused-ring (bicyclic) bond motifs is 3. The topological polar surface area (TPSA) is 143 Å². The van der Waals surface area contributed by atoms with Crippen LogP contribution in [0.4, 0.5) is 0 Å². The van der Waals surface area contributed by atoms with E-state index in [9.17, 15) is 14.4 Å². The molecule has 0 unspecified atom stereocenters. The van der Waals surface area contributed by atoms with E-state index in [0.717, 1.165) is 5.56 Å². The van der Waals surface area contributed by atoms with Crippen LogP contribution in [0.2, 0.25) is 0 Å². The average Bonchev–Trinajstić information content (AvgIpc) is 3.80. The molecule has 2 aromatic heterocycles. The molecule has 2 N–H and O–H groups in total. The van der Waals surface area contributed by atoms with E-state index < -0.39 is 5.25 Å². The van der Waals surface area contributed by atoms with Gasteiger partial charge in [-0.15, -0.1) is 0 Å². The predicted molar refractivity (Wildman–Crippen MR) is 156 cm³/mol. The standard InChI is InChI=1S/C30H30N4O8S/c1-2-26(28(36)32-15-19-5-4-10-38-19)43-30-33-21-13-25-24(41-17-42-25)12-20(21)29(37)34(30)9-3-6-27(35)31-14-18-7-8-22-23(11-18)40-16-39-22/h4-5,7-8,10-13,26H,2-3,6,9,14-17H2,1H3,(H,31,35)(H,32,36)/t26-/m1/s1. The summed E-state index contributed by atoms with van der Waals surface area (Å²) >= 11 is 1.21. The second-order valence-electron chi connectivity index (χ2n) is 9.95. The lowest BCUT2D eigenvalue weighted by Crippen LogP contribution is -2.33. The Morgan fingerprint density at radius 2 is 1.74 bits per heavy atom. The third-order valence-corrected chi connectivity index (χ3v) is 8.41. The number of carbonyl (C=O) groups is 2. The summed E-state index contributed by atoms with van der Waals surface area (Å²) in [6, 6.07) is 12.4. The maximum atomic E-state index is 13.7. The average molecular weight is 607 g/mol. The highest BCUT2D eigenvalue weighted by atomic mass is 32.2. The fourth-order valence-electron chi connectivity index (χ4n) is 4.77. The minimum atomic E-state index is -0.510. The van der Waals surface area contributed by atoms with Crippen molar-refractivity contribution in [3.8, 4) is 23.0 Å². The molecule has 12 nitrogen and oxygen atoms in total. The van der Waals surface area contributed by atoms with Crippen LogP contribution in [0.5, 0.6) is 23.0 Å². The fraction of sp³-hybridized carbons (Fsp3) is 0.333. The number of nitrogens with one attached hydrogen (secondary N) is 2. The molecule has 224 valence electrons. The molecule has 2 aliphatic heterocycles. The van der Waals surface area contributed by atoms with Crippen molar-refractivity contribution in [1.29, 1.82) is 0 Å². The quantitative estimate of drug-likeness (QED) is 0.181. The van der Waals surface area contributed by atoms with Gasteiger partial charge < -0.3 is 34.0 Å². The van der Waals surface area contributed by atoms with E-state index in [1.165, 1.54) is 16.3 Å². The number of amides is 2. The van der Waals surface area contributed by atoms with Gasteiger partial charge in [-0.1, -0.05) is 24.8 Å². The molecule has 0 bridgehead atoms. The lowest BCUT2D eigenvalue weighted by Gasteiger charge is -2.18. The Balaban J connectivity index is 1.16. The SMILES string of the molecule is CC[C@@H](Sc1nc2cc3c(cc2c(=O)n1CCCC(=O)NCc1ccc2c(c1)OCO2)OCO3)C(=O)NCc1ccco1. The van der Waals surface area contributed by atoms with Gasteiger partial charge in [-0.3, -0.25) is 19.0 Å². The summed E-state index contributed by atoms with van der Waals surface area (Å²) in [5.74, 6) is 2.62. The van der Waals surface area contributed by atoms with Gasteiger partial charge in [0.05, 0.1) is 29.0 Å². The first-order valence-electron chi connectivity index (χ1n) is 13.9. The Morgan fingerprint density at radius 3 is 2.51 bits per heavy atom. The molecule has 0 saturated carbocycles. The molecular weight excluding hydrogens is 576 g/mol. The van der Waals surface area contributed by atoms with Gasteiger partial charge in [0.2, 0.25) is 25.4 Å². The van der Waals surface area contributed by atoms with Gasteiger partial charge >= 0.3 is 0 Å². The van der Waals surface area contributed by atoms with Gasteiger partial charge in [0.1, 0.15) is 5.76 Å². The maximum Gasteiger partial charge on any atom is 0.262 e. The number of ether oxygens (including phenoxy) is 4. The highest BCUT2D eigenvalue weighted by Crippen LogP contribution is 2.36. The van der Waals surface area contributed by atoms with Gasteiger partial charge in [0.25, 0.3) is 5.56 Å². The van der Waals surface area contributed by atoms with Crippen LogP contribution in [0.15, 0.2) is 63.1 Å². The molecule has 4 aromatic rings. The summed E-state index contributed by atoms with van der Waals surface area (Å²) < 4.78 is 28.5. The molecule has 6 rings (SSSR count). The highest BCUT2D eigenvalue weighted by molar-refractivity contribution is 8.00. The number of furan rings is 1. The summed E-state index contributed by atoms with van der Waals surface area (Å²) in [6.45, 7) is 2.98. The zero-order valence-electron chi connectivity index (χ0n) is 23.4. The van der Waals surface area contributed by atoms with Crippen LogP contribution in [-0.2, 0) is 29.2 Å². The molecular formula is C30H30N4O8S. The molecule has 0 radical (unpaired) electrons. The first-order valence-corrected chi connectivity index (χ1v) is 14.8. The van der Waals surface area contributed by atoms with Gasteiger partial charge in [-0.25, -0.2) is 4.98 Å². The van der Waals surface area contributed by atoms with E-state index in [0.29, 0.717) is 64.2 Å². The van der Waals surface area contributed by atoms with Crippen molar-refractivity contribution in [2.45, 2.75) is 56.2 Å². The zero-order valence-corrected chi connectivity index (χ0v) is 24.2. The summed E-state index contributed by atoms with van der Waals surface area (Å²) in [6.07, 6.45) is 2.64. The third kappa shape index (κ3) is 6.41. The van der Waals surface area contributed by atoms with Crippen molar-refractivity contribution in [1.82, 2.24) is 20.2 Å². The highest BCUT2D eigenvalue weighted by Gasteiger charge is 2.24. The molecule has 1 atom stereocenters. The third-order valence-electron chi connectivity index (χ3n) is 7.05. The van der Waals surface area contributed by atoms with Crippen LogP contribution >= 0.6 is 11.8 Å². The van der Waals surface area contributed by atoms with Crippen LogP contribution < -0.4 is 35.1 Å². The van der Waals surface area contributed by atoms with Gasteiger partial charge in [0.15, 0.2) is 28.2 Å². The van der Waals surface area contributed by atoms with Gasteiger partial charge in [0, 0.05) is 25.6 Å². The van der Waals surface area contributed by atoms with Gasteiger partial charge in [-0.05, 0) is 48.7 Å². The molecule has 0 aliphatic carbocycles. The summed E-state index contributed by atoms with van der Waals surface area (Å²) in [7, 11) is 0. The van der Waals surface area contributed by atoms with E-state index in [1.807, 2.05) is 25.1 Å². The lowest BCUT2D eigenvalue weighted by atomic mass is 10.2. The second-order valence-corrected chi connectivity index (χ2v) is 11.1. The Morgan fingerprint density at radius 1 is 0.977 bits per heavy atom. The van der Waals surface area contributed by atoms with Crippen LogP contribution in [0.3, 0.4) is 0 Å². The minimum absolute atomic E-state index is 0.0660. The largest absolute Gasteiger partial charge is 0.467 e. The number of aromatic nitrogens is 2.